The van der Waals surface area contributed by atoms with E-state index < -0.39 is 6.10 Å². The van der Waals surface area contributed by atoms with Crippen molar-refractivity contribution in [2.45, 2.75) is 19.6 Å². The second-order valence-electron chi connectivity index (χ2n) is 2.87. The van der Waals surface area contributed by atoms with Crippen LogP contribution < -0.4 is 0 Å². The van der Waals surface area contributed by atoms with Crippen LogP contribution >= 0.6 is 0 Å². The molecule has 0 aliphatic heterocycles. The van der Waals surface area contributed by atoms with Gasteiger partial charge in [0, 0.05) is 5.69 Å². The van der Waals surface area contributed by atoms with Gasteiger partial charge in [-0.25, -0.2) is 0 Å². The van der Waals surface area contributed by atoms with Crippen LogP contribution in [0.3, 0.4) is 0 Å². The van der Waals surface area contributed by atoms with Crippen molar-refractivity contribution in [1.82, 2.24) is 4.57 Å². The van der Waals surface area contributed by atoms with Crippen molar-refractivity contribution < 1.29 is 10.2 Å². The Balaban J connectivity index is 2.85. The van der Waals surface area contributed by atoms with Crippen molar-refractivity contribution in [1.29, 1.82) is 0 Å². The van der Waals surface area contributed by atoms with Crippen LogP contribution in [0.5, 0.6) is 0 Å². The molecule has 1 rings (SSSR count). The van der Waals surface area contributed by atoms with Crippen molar-refractivity contribution in [2.24, 2.45) is 5.18 Å². The second kappa shape index (κ2) is 4.15. The largest absolute Gasteiger partial charge is 0.394 e. The summed E-state index contributed by atoms with van der Waals surface area (Å²) in [6, 6.07) is 3.31. The summed E-state index contributed by atoms with van der Waals surface area (Å²) in [6.07, 6.45) is -0.855. The number of aromatic nitrogens is 1. The summed E-state index contributed by atoms with van der Waals surface area (Å²) in [5.41, 5.74) is 0.835. The number of rotatable bonds is 4. The Bertz CT molecular complexity index is 296. The van der Waals surface area contributed by atoms with Crippen LogP contribution in [0.2, 0.25) is 0 Å². The maximum Gasteiger partial charge on any atom is 0.177 e. The third-order valence-electron chi connectivity index (χ3n) is 1.87. The average Bonchev–Trinajstić information content (AvgIpc) is 2.48. The van der Waals surface area contributed by atoms with E-state index >= 15 is 0 Å². The van der Waals surface area contributed by atoms with E-state index in [4.69, 9.17) is 10.2 Å². The van der Waals surface area contributed by atoms with Crippen LogP contribution in [-0.2, 0) is 6.54 Å². The lowest BCUT2D eigenvalue weighted by Gasteiger charge is -2.11. The molecular weight excluding hydrogens is 172 g/mol. The van der Waals surface area contributed by atoms with Gasteiger partial charge in [-0.3, -0.25) is 0 Å². The van der Waals surface area contributed by atoms with Crippen molar-refractivity contribution in [3.05, 3.63) is 22.7 Å². The van der Waals surface area contributed by atoms with Crippen LogP contribution in [-0.4, -0.2) is 27.5 Å². The van der Waals surface area contributed by atoms with Crippen LogP contribution in [0.4, 0.5) is 5.82 Å². The van der Waals surface area contributed by atoms with E-state index in [-0.39, 0.29) is 19.0 Å². The first kappa shape index (κ1) is 9.88. The monoisotopic (exact) mass is 184 g/mol. The van der Waals surface area contributed by atoms with E-state index in [0.29, 0.717) is 0 Å². The number of nitrogens with zero attached hydrogens (tertiary/aromatic N) is 2. The summed E-state index contributed by atoms with van der Waals surface area (Å²) in [4.78, 5) is 10.3. The van der Waals surface area contributed by atoms with Crippen LogP contribution in [0.25, 0.3) is 0 Å². The molecule has 0 fully saturated rings. The summed E-state index contributed by atoms with van der Waals surface area (Å²) >= 11 is 0. The van der Waals surface area contributed by atoms with Gasteiger partial charge < -0.3 is 14.8 Å². The molecule has 0 radical (unpaired) electrons. The topological polar surface area (TPSA) is 74.8 Å². The maximum absolute atomic E-state index is 10.3. The Kier molecular flexibility index (Phi) is 3.16. The van der Waals surface area contributed by atoms with E-state index in [1.807, 2.05) is 0 Å². The number of aliphatic hydroxyl groups is 2. The van der Waals surface area contributed by atoms with Crippen LogP contribution in [0, 0.1) is 11.8 Å². The summed E-state index contributed by atoms with van der Waals surface area (Å²) in [7, 11) is 0. The van der Waals surface area contributed by atoms with Gasteiger partial charge in [-0.1, -0.05) is 0 Å². The molecule has 0 aromatic carbocycles. The maximum atomic E-state index is 10.3. The minimum absolute atomic E-state index is 0.191. The number of hydrogen-bond acceptors (Lipinski definition) is 4. The lowest BCUT2D eigenvalue weighted by molar-refractivity contribution is 0.0812. The lowest BCUT2D eigenvalue weighted by Crippen LogP contribution is -2.20. The molecule has 0 aliphatic carbocycles. The second-order valence-corrected chi connectivity index (χ2v) is 2.87. The molecule has 1 aromatic rings. The van der Waals surface area contributed by atoms with Gasteiger partial charge in [0.05, 0.1) is 19.3 Å². The Hall–Kier alpha value is -1.20. The number of aliphatic hydroxyl groups excluding tert-OH is 2. The summed E-state index contributed by atoms with van der Waals surface area (Å²) < 4.78 is 1.56. The molecule has 0 spiro atoms. The quantitative estimate of drug-likeness (QED) is 0.671. The zero-order valence-corrected chi connectivity index (χ0v) is 7.34. The molecule has 0 saturated heterocycles. The van der Waals surface area contributed by atoms with Crippen molar-refractivity contribution in [2.75, 3.05) is 6.61 Å². The molecule has 5 nitrogen and oxygen atoms in total. The first-order valence-electron chi connectivity index (χ1n) is 3.97. The van der Waals surface area contributed by atoms with E-state index in [2.05, 4.69) is 5.18 Å². The first-order chi connectivity index (χ1) is 6.19. The summed E-state index contributed by atoms with van der Waals surface area (Å²) in [5, 5.41) is 20.6. The summed E-state index contributed by atoms with van der Waals surface area (Å²) in [5.74, 6) is 0.269. The Morgan fingerprint density at radius 2 is 2.31 bits per heavy atom. The van der Waals surface area contributed by atoms with Gasteiger partial charge in [0.15, 0.2) is 5.82 Å². The van der Waals surface area contributed by atoms with Gasteiger partial charge in [0.25, 0.3) is 0 Å². The molecule has 0 amide bonds. The zero-order valence-electron chi connectivity index (χ0n) is 7.34. The molecule has 1 atom stereocenters. The van der Waals surface area contributed by atoms with E-state index in [9.17, 15) is 4.91 Å². The highest BCUT2D eigenvalue weighted by Crippen LogP contribution is 2.17. The van der Waals surface area contributed by atoms with Crippen LogP contribution in [0.15, 0.2) is 17.3 Å². The summed E-state index contributed by atoms with van der Waals surface area (Å²) in [6.45, 7) is 1.67. The fraction of sp³-hybridized carbons (Fsp3) is 0.500. The average molecular weight is 184 g/mol. The van der Waals surface area contributed by atoms with Gasteiger partial charge in [-0.05, 0) is 24.2 Å². The highest BCUT2D eigenvalue weighted by molar-refractivity contribution is 5.32. The Labute approximate surface area is 75.6 Å². The molecular formula is C8H12N2O3. The SMILES string of the molecule is Cc1ccc(N=O)n1C[C@@H](O)CO. The van der Waals surface area contributed by atoms with E-state index in [1.165, 1.54) is 0 Å². The van der Waals surface area contributed by atoms with Gasteiger partial charge in [-0.15, -0.1) is 4.91 Å². The van der Waals surface area contributed by atoms with Gasteiger partial charge in [0.2, 0.25) is 0 Å². The van der Waals surface area contributed by atoms with Crippen molar-refractivity contribution in [3.63, 3.8) is 0 Å². The van der Waals surface area contributed by atoms with Crippen molar-refractivity contribution >= 4 is 5.82 Å². The third kappa shape index (κ3) is 2.13. The molecule has 1 aromatic heterocycles. The fourth-order valence-electron chi connectivity index (χ4n) is 1.14. The highest BCUT2D eigenvalue weighted by atomic mass is 16.3. The van der Waals surface area contributed by atoms with Gasteiger partial charge in [0.1, 0.15) is 0 Å². The Morgan fingerprint density at radius 1 is 1.62 bits per heavy atom. The van der Waals surface area contributed by atoms with Gasteiger partial charge >= 0.3 is 0 Å². The molecule has 2 N–H and O–H groups in total. The zero-order chi connectivity index (χ0) is 9.84. The smallest absolute Gasteiger partial charge is 0.177 e. The van der Waals surface area contributed by atoms with E-state index in [0.717, 1.165) is 5.69 Å². The Morgan fingerprint density at radius 3 is 2.85 bits per heavy atom. The number of aryl methyl sites for hydroxylation is 1. The third-order valence-corrected chi connectivity index (χ3v) is 1.87. The highest BCUT2D eigenvalue weighted by Gasteiger charge is 2.09. The molecule has 0 aliphatic rings. The molecule has 0 unspecified atom stereocenters. The standard InChI is InChI=1S/C8H12N2O3/c1-6-2-3-8(9-13)10(6)4-7(12)5-11/h2-3,7,11-12H,4-5H2,1H3/t7-/m1/s1. The first-order valence-corrected chi connectivity index (χ1v) is 3.97. The number of nitroso groups, excluding NO2 is 1. The molecule has 0 saturated carbocycles. The van der Waals surface area contributed by atoms with Gasteiger partial charge in [-0.2, -0.15) is 0 Å². The van der Waals surface area contributed by atoms with E-state index in [1.54, 1.807) is 23.6 Å². The van der Waals surface area contributed by atoms with Crippen LogP contribution in [0.1, 0.15) is 5.69 Å². The van der Waals surface area contributed by atoms with Crippen molar-refractivity contribution in [3.8, 4) is 0 Å². The predicted octanol–water partition coefficient (Wildman–Crippen LogP) is 0.548. The minimum atomic E-state index is -0.855. The fourth-order valence-corrected chi connectivity index (χ4v) is 1.14. The molecule has 0 bridgehead atoms. The number of hydrogen-bond donors (Lipinski definition) is 2. The lowest BCUT2D eigenvalue weighted by atomic mass is 10.3. The molecule has 1 heterocycles. The molecule has 72 valence electrons. The molecule has 5 heteroatoms. The predicted molar refractivity (Wildman–Crippen MR) is 47.7 cm³/mol. The normalized spacial score (nSPS) is 12.8. The minimum Gasteiger partial charge on any atom is -0.394 e. The molecule has 13 heavy (non-hydrogen) atoms.